The van der Waals surface area contributed by atoms with Crippen molar-refractivity contribution in [3.8, 4) is 0 Å². The molecule has 2 aliphatic rings. The minimum atomic E-state index is -1.10. The van der Waals surface area contributed by atoms with E-state index in [1.807, 2.05) is 17.6 Å². The van der Waals surface area contributed by atoms with Gasteiger partial charge in [-0.15, -0.1) is 0 Å². The Bertz CT molecular complexity index is 917. The van der Waals surface area contributed by atoms with E-state index in [0.29, 0.717) is 0 Å². The van der Waals surface area contributed by atoms with E-state index in [0.717, 1.165) is 42.9 Å². The van der Waals surface area contributed by atoms with Gasteiger partial charge >= 0.3 is 0 Å². The lowest BCUT2D eigenvalue weighted by Gasteiger charge is -2.36. The van der Waals surface area contributed by atoms with Gasteiger partial charge in [0.25, 0.3) is 5.56 Å². The van der Waals surface area contributed by atoms with Gasteiger partial charge in [0.2, 0.25) is 0 Å². The number of fused-ring (bicyclic) bond motifs is 1. The lowest BCUT2D eigenvalue weighted by Crippen LogP contribution is -2.47. The summed E-state index contributed by atoms with van der Waals surface area (Å²) in [5.74, 6) is 0.718. The average Bonchev–Trinajstić information content (AvgIpc) is 3.49. The van der Waals surface area contributed by atoms with Gasteiger partial charge in [0, 0.05) is 23.6 Å². The van der Waals surface area contributed by atoms with Gasteiger partial charge in [0.1, 0.15) is 0 Å². The highest BCUT2D eigenvalue weighted by Gasteiger charge is 2.32. The Labute approximate surface area is 163 Å². The molecule has 1 N–H and O–H groups in total. The van der Waals surface area contributed by atoms with Crippen molar-refractivity contribution >= 4 is 11.0 Å². The van der Waals surface area contributed by atoms with E-state index in [1.54, 1.807) is 6.26 Å². The van der Waals surface area contributed by atoms with Gasteiger partial charge < -0.3 is 4.57 Å². The predicted octanol–water partition coefficient (Wildman–Crippen LogP) is 3.27. The van der Waals surface area contributed by atoms with Crippen LogP contribution in [0.3, 0.4) is 0 Å². The Morgan fingerprint density at radius 1 is 1.19 bits per heavy atom. The number of nitrogens with one attached hydrogen (secondary N) is 1. The first-order chi connectivity index (χ1) is 13.1. The molecule has 0 bridgehead atoms. The zero-order chi connectivity index (χ0) is 19.0. The van der Waals surface area contributed by atoms with Crippen LogP contribution in [-0.2, 0) is 30.2 Å². The van der Waals surface area contributed by atoms with Crippen LogP contribution in [0.2, 0.25) is 0 Å². The Morgan fingerprint density at radius 3 is 2.70 bits per heavy atom. The third kappa shape index (κ3) is 3.94. The maximum atomic E-state index is 13.1. The number of aryl methyl sites for hydroxylation is 2. The molecule has 1 saturated carbocycles. The quantitative estimate of drug-likeness (QED) is 0.831. The van der Waals surface area contributed by atoms with Gasteiger partial charge in [0.15, 0.2) is 0 Å². The second kappa shape index (κ2) is 7.72. The van der Waals surface area contributed by atoms with Crippen molar-refractivity contribution in [3.05, 3.63) is 69.1 Å². The number of aromatic nitrogens is 1. The number of rotatable bonds is 6. The number of nitrogens with zero attached hydrogens (tertiary/aromatic N) is 1. The van der Waals surface area contributed by atoms with E-state index >= 15 is 0 Å². The Kier molecular flexibility index (Phi) is 5.33. The molecule has 144 valence electrons. The monoisotopic (exact) mass is 384 g/mol. The molecule has 2 heterocycles. The summed E-state index contributed by atoms with van der Waals surface area (Å²) < 4.78 is 17.1. The van der Waals surface area contributed by atoms with Crippen LogP contribution in [0.5, 0.6) is 0 Å². The van der Waals surface area contributed by atoms with Crippen molar-refractivity contribution in [3.63, 3.8) is 0 Å². The number of hydrogen-bond donors (Lipinski definition) is 1. The van der Waals surface area contributed by atoms with E-state index in [2.05, 4.69) is 35.1 Å². The van der Waals surface area contributed by atoms with Crippen molar-refractivity contribution in [2.24, 2.45) is 0 Å². The standard InChI is InChI=1S/C22H28N2O2S/c1-3-16-9-10-19-11-12-20(23-27(2)26)21(24(19)22(16)25)14-15-5-4-6-18(13-15)17-7-8-17/h4-6,9-10,13,17,20-21,23H,3,7-8,11-12,14H2,1-2H3. The Hall–Kier alpha value is -1.72. The highest BCUT2D eigenvalue weighted by Crippen LogP contribution is 2.40. The molecule has 3 atom stereocenters. The Balaban J connectivity index is 1.73. The summed E-state index contributed by atoms with van der Waals surface area (Å²) >= 11 is 0. The molecule has 0 spiro atoms. The van der Waals surface area contributed by atoms with Crippen molar-refractivity contribution in [2.75, 3.05) is 6.26 Å². The highest BCUT2D eigenvalue weighted by atomic mass is 32.2. The van der Waals surface area contributed by atoms with Crippen LogP contribution in [-0.4, -0.2) is 21.1 Å². The summed E-state index contributed by atoms with van der Waals surface area (Å²) in [6.07, 6.45) is 7.51. The molecular weight excluding hydrogens is 356 g/mol. The normalized spacial score (nSPS) is 23.0. The molecular formula is C22H28N2O2S. The van der Waals surface area contributed by atoms with Crippen molar-refractivity contribution in [1.29, 1.82) is 0 Å². The maximum absolute atomic E-state index is 13.1. The first-order valence-corrected chi connectivity index (χ1v) is 11.5. The van der Waals surface area contributed by atoms with Crippen LogP contribution < -0.4 is 10.3 Å². The maximum Gasteiger partial charge on any atom is 0.254 e. The summed E-state index contributed by atoms with van der Waals surface area (Å²) in [4.78, 5) is 13.1. The molecule has 0 amide bonds. The molecule has 0 saturated heterocycles. The minimum absolute atomic E-state index is 0.00824. The summed E-state index contributed by atoms with van der Waals surface area (Å²) in [6, 6.07) is 12.9. The lowest BCUT2D eigenvalue weighted by atomic mass is 9.90. The molecule has 5 heteroatoms. The van der Waals surface area contributed by atoms with Crippen molar-refractivity contribution in [1.82, 2.24) is 9.29 Å². The van der Waals surface area contributed by atoms with Crippen LogP contribution in [0.1, 0.15) is 60.5 Å². The third-order valence-corrected chi connectivity index (χ3v) is 6.56. The molecule has 1 fully saturated rings. The smallest absolute Gasteiger partial charge is 0.254 e. The zero-order valence-electron chi connectivity index (χ0n) is 16.1. The topological polar surface area (TPSA) is 51.1 Å². The van der Waals surface area contributed by atoms with Crippen LogP contribution >= 0.6 is 0 Å². The molecule has 1 aromatic carbocycles. The van der Waals surface area contributed by atoms with Gasteiger partial charge in [-0.2, -0.15) is 0 Å². The predicted molar refractivity (Wildman–Crippen MR) is 111 cm³/mol. The fraction of sp³-hybridized carbons (Fsp3) is 0.500. The van der Waals surface area contributed by atoms with E-state index < -0.39 is 11.0 Å². The molecule has 1 aromatic heterocycles. The number of pyridine rings is 1. The zero-order valence-corrected chi connectivity index (χ0v) is 16.9. The SMILES string of the molecule is CCc1ccc2n(c1=O)C(Cc1cccc(C3CC3)c1)C(NS(C)=O)CC2. The van der Waals surface area contributed by atoms with Gasteiger partial charge in [0.05, 0.1) is 17.0 Å². The summed E-state index contributed by atoms with van der Waals surface area (Å²) in [5, 5.41) is 0. The molecule has 3 unspecified atom stereocenters. The van der Waals surface area contributed by atoms with Gasteiger partial charge in [-0.1, -0.05) is 37.3 Å². The van der Waals surface area contributed by atoms with Crippen LogP contribution in [0, 0.1) is 0 Å². The summed E-state index contributed by atoms with van der Waals surface area (Å²) in [5.41, 5.74) is 4.75. The van der Waals surface area contributed by atoms with Crippen molar-refractivity contribution < 1.29 is 4.21 Å². The average molecular weight is 385 g/mol. The van der Waals surface area contributed by atoms with Gasteiger partial charge in [-0.3, -0.25) is 4.79 Å². The van der Waals surface area contributed by atoms with Gasteiger partial charge in [-0.25, -0.2) is 8.93 Å². The molecule has 4 rings (SSSR count). The number of hydrogen-bond acceptors (Lipinski definition) is 2. The second-order valence-electron chi connectivity index (χ2n) is 7.89. The summed E-state index contributed by atoms with van der Waals surface area (Å²) in [6.45, 7) is 2.03. The molecule has 1 aliphatic heterocycles. The van der Waals surface area contributed by atoms with Gasteiger partial charge in [-0.05, 0) is 61.6 Å². The molecule has 0 radical (unpaired) electrons. The highest BCUT2D eigenvalue weighted by molar-refractivity contribution is 7.82. The lowest BCUT2D eigenvalue weighted by molar-refractivity contribution is 0.317. The first kappa shape index (κ1) is 18.6. The molecule has 2 aromatic rings. The van der Waals surface area contributed by atoms with Crippen LogP contribution in [0.25, 0.3) is 0 Å². The van der Waals surface area contributed by atoms with Crippen LogP contribution in [0.15, 0.2) is 41.2 Å². The first-order valence-electron chi connectivity index (χ1n) is 9.98. The van der Waals surface area contributed by atoms with Crippen LogP contribution in [0.4, 0.5) is 0 Å². The second-order valence-corrected chi connectivity index (χ2v) is 9.03. The van der Waals surface area contributed by atoms with E-state index in [9.17, 15) is 9.00 Å². The molecule has 1 aliphatic carbocycles. The Morgan fingerprint density at radius 2 is 2.00 bits per heavy atom. The van der Waals surface area contributed by atoms with E-state index in [4.69, 9.17) is 0 Å². The largest absolute Gasteiger partial charge is 0.307 e. The third-order valence-electron chi connectivity index (χ3n) is 5.93. The van der Waals surface area contributed by atoms with E-state index in [1.165, 1.54) is 24.0 Å². The van der Waals surface area contributed by atoms with Crippen molar-refractivity contribution in [2.45, 2.75) is 63.5 Å². The number of benzene rings is 1. The molecule has 27 heavy (non-hydrogen) atoms. The molecule has 4 nitrogen and oxygen atoms in total. The fourth-order valence-corrected chi connectivity index (χ4v) is 5.06. The fourth-order valence-electron chi connectivity index (χ4n) is 4.36. The summed E-state index contributed by atoms with van der Waals surface area (Å²) in [7, 11) is -1.10. The minimum Gasteiger partial charge on any atom is -0.307 e. The van der Waals surface area contributed by atoms with E-state index in [-0.39, 0.29) is 17.6 Å².